The maximum atomic E-state index is 11.4. The lowest BCUT2D eigenvalue weighted by atomic mass is 9.96. The molecule has 19 heavy (non-hydrogen) atoms. The van der Waals surface area contributed by atoms with Crippen LogP contribution in [0.15, 0.2) is 0 Å². The lowest BCUT2D eigenvalue weighted by Gasteiger charge is -2.19. The fraction of sp³-hybridized carbons (Fsp3) is 0.500. The monoisotopic (exact) mass is 298 g/mol. The van der Waals surface area contributed by atoms with Crippen LogP contribution in [0, 0.1) is 0 Å². The van der Waals surface area contributed by atoms with Crippen molar-refractivity contribution in [3.63, 3.8) is 0 Å². The van der Waals surface area contributed by atoms with Crippen LogP contribution in [0.2, 0.25) is 0 Å². The van der Waals surface area contributed by atoms with Gasteiger partial charge >= 0.3 is 27.1 Å². The number of hydrogen-bond donors (Lipinski definition) is 4. The van der Waals surface area contributed by atoms with Crippen LogP contribution in [-0.2, 0) is 32.7 Å². The van der Waals surface area contributed by atoms with Gasteiger partial charge in [0.25, 0.3) is 5.97 Å². The van der Waals surface area contributed by atoms with Gasteiger partial charge in [-0.25, -0.2) is 4.57 Å². The van der Waals surface area contributed by atoms with Gasteiger partial charge in [-0.15, -0.1) is 0 Å². The summed E-state index contributed by atoms with van der Waals surface area (Å²) in [5.41, 5.74) is -2.70. The molecule has 0 aromatic heterocycles. The van der Waals surface area contributed by atoms with Gasteiger partial charge in [0.05, 0.1) is 12.8 Å². The molecule has 0 bridgehead atoms. The van der Waals surface area contributed by atoms with Crippen LogP contribution in [-0.4, -0.2) is 50.8 Å². The van der Waals surface area contributed by atoms with E-state index < -0.39 is 51.5 Å². The highest BCUT2D eigenvalue weighted by atomic mass is 31.2. The molecule has 13 heteroatoms. The molecule has 0 aromatic carbocycles. The normalized spacial score (nSPS) is 24.5. The molecule has 1 saturated heterocycles. The summed E-state index contributed by atoms with van der Waals surface area (Å²) in [6.07, 6.45) is -2.21. The van der Waals surface area contributed by atoms with Crippen molar-refractivity contribution in [3.8, 4) is 0 Å². The Kier molecular flexibility index (Phi) is 4.33. The summed E-state index contributed by atoms with van der Waals surface area (Å²) >= 11 is 0. The number of rotatable bonds is 4. The van der Waals surface area contributed by atoms with E-state index in [1.165, 1.54) is 0 Å². The van der Waals surface area contributed by atoms with Crippen molar-refractivity contribution in [1.29, 1.82) is 0 Å². The van der Waals surface area contributed by atoms with Gasteiger partial charge in [-0.1, -0.05) is 0 Å². The molecule has 1 atom stereocenters. The average Bonchev–Trinajstić information content (AvgIpc) is 2.19. The number of carbonyl (C=O) groups is 3. The Hall–Kier alpha value is -1.46. The van der Waals surface area contributed by atoms with Gasteiger partial charge in [0.15, 0.2) is 5.60 Å². The Morgan fingerprint density at radius 3 is 2.47 bits per heavy atom. The Morgan fingerprint density at radius 2 is 2.00 bits per heavy atom. The number of hydrogen-bond acceptors (Lipinski definition) is 8. The van der Waals surface area contributed by atoms with Crippen LogP contribution in [0.4, 0.5) is 0 Å². The zero-order valence-corrected chi connectivity index (χ0v) is 9.98. The summed E-state index contributed by atoms with van der Waals surface area (Å²) < 4.78 is 22.7. The number of carboxylic acid groups (broad SMARTS) is 1. The highest BCUT2D eigenvalue weighted by Gasteiger charge is 2.51. The van der Waals surface area contributed by atoms with E-state index in [1.54, 1.807) is 0 Å². The highest BCUT2D eigenvalue weighted by Crippen LogP contribution is 2.38. The second-order valence-electron chi connectivity index (χ2n) is 3.56. The zero-order valence-electron chi connectivity index (χ0n) is 9.09. The molecule has 1 fully saturated rings. The minimum absolute atomic E-state index is 1.06. The number of phosphoric acid groups is 1. The average molecular weight is 298 g/mol. The molecule has 1 heterocycles. The zero-order chi connectivity index (χ0) is 14.8. The molecule has 0 radical (unpaired) electrons. The maximum absolute atomic E-state index is 11.4. The molecule has 0 amide bonds. The van der Waals surface area contributed by atoms with Crippen molar-refractivity contribution < 1.29 is 52.7 Å². The van der Waals surface area contributed by atoms with Crippen LogP contribution in [0.5, 0.6) is 0 Å². The van der Waals surface area contributed by atoms with Gasteiger partial charge in [-0.2, -0.15) is 0 Å². The van der Waals surface area contributed by atoms with E-state index >= 15 is 0 Å². The second-order valence-corrected chi connectivity index (χ2v) is 4.75. The fourth-order valence-electron chi connectivity index (χ4n) is 1.22. The first kappa shape index (κ1) is 15.6. The van der Waals surface area contributed by atoms with Crippen LogP contribution >= 0.6 is 7.82 Å². The lowest BCUT2D eigenvalue weighted by molar-refractivity contribution is -0.164. The third-order valence-corrected chi connectivity index (χ3v) is 2.36. The fourth-order valence-corrected chi connectivity index (χ4v) is 1.53. The Morgan fingerprint density at radius 1 is 1.42 bits per heavy atom. The molecule has 0 spiro atoms. The molecule has 1 rings (SSSR count). The molecular formula is C6H8BO11P. The quantitative estimate of drug-likeness (QED) is 0.326. The van der Waals surface area contributed by atoms with Gasteiger partial charge in [0.2, 0.25) is 0 Å². The van der Waals surface area contributed by atoms with Gasteiger partial charge in [0, 0.05) is 0 Å². The van der Waals surface area contributed by atoms with Gasteiger partial charge in [0.1, 0.15) is 0 Å². The number of carbonyl (C=O) groups excluding carboxylic acids is 2. The molecule has 0 aliphatic carbocycles. The van der Waals surface area contributed by atoms with E-state index in [1.807, 2.05) is 0 Å². The predicted octanol–water partition coefficient (Wildman–Crippen LogP) is -2.22. The van der Waals surface area contributed by atoms with E-state index in [0.717, 1.165) is 0 Å². The molecule has 106 valence electrons. The smallest absolute Gasteiger partial charge is 0.481 e. The first-order valence-electron chi connectivity index (χ1n) is 4.60. The summed E-state index contributed by atoms with van der Waals surface area (Å²) in [5.74, 6) is -4.53. The van der Waals surface area contributed by atoms with Crippen molar-refractivity contribution in [2.75, 3.05) is 0 Å². The molecule has 0 saturated carbocycles. The first-order valence-corrected chi connectivity index (χ1v) is 6.13. The molecule has 0 aromatic rings. The van der Waals surface area contributed by atoms with Crippen molar-refractivity contribution in [1.82, 2.24) is 0 Å². The van der Waals surface area contributed by atoms with Crippen LogP contribution in [0.25, 0.3) is 0 Å². The summed E-state index contributed by atoms with van der Waals surface area (Å²) in [6.45, 7) is 0. The minimum Gasteiger partial charge on any atom is -0.481 e. The van der Waals surface area contributed by atoms with Crippen molar-refractivity contribution >= 4 is 33.1 Å². The van der Waals surface area contributed by atoms with E-state index in [-0.39, 0.29) is 0 Å². The highest BCUT2D eigenvalue weighted by molar-refractivity contribution is 7.47. The minimum atomic E-state index is -5.13. The number of aliphatic carboxylic acids is 1. The van der Waals surface area contributed by atoms with Crippen LogP contribution in [0.3, 0.4) is 0 Å². The third-order valence-electron chi connectivity index (χ3n) is 1.91. The number of carboxylic acids is 1. The second kappa shape index (κ2) is 5.27. The van der Waals surface area contributed by atoms with Crippen LogP contribution < -0.4 is 0 Å². The molecule has 4 N–H and O–H groups in total. The standard InChI is InChI=1S/C6H8BO11P/c8-3(9)1-6(12)2-4(10)16-7(17-5(6)11)18-19(13,14)15/h12H,1-2H2,(H,8,9)(H2,13,14,15). The van der Waals surface area contributed by atoms with E-state index in [4.69, 9.17) is 14.9 Å². The van der Waals surface area contributed by atoms with Crippen molar-refractivity contribution in [2.24, 2.45) is 0 Å². The summed E-state index contributed by atoms with van der Waals surface area (Å²) in [7, 11) is -7.50. The SMILES string of the molecule is O=C(O)CC1(O)CC(=O)OB(OP(=O)(O)O)OC1=O. The Labute approximate surface area is 105 Å². The summed E-state index contributed by atoms with van der Waals surface area (Å²) in [6, 6.07) is 0. The Bertz CT molecular complexity index is 456. The summed E-state index contributed by atoms with van der Waals surface area (Å²) in [4.78, 5) is 50.0. The van der Waals surface area contributed by atoms with E-state index in [9.17, 15) is 24.1 Å². The number of aliphatic hydroxyl groups is 1. The lowest BCUT2D eigenvalue weighted by Crippen LogP contribution is -2.43. The summed E-state index contributed by atoms with van der Waals surface area (Å²) in [5, 5.41) is 18.2. The van der Waals surface area contributed by atoms with E-state index in [0.29, 0.717) is 0 Å². The van der Waals surface area contributed by atoms with Crippen molar-refractivity contribution in [3.05, 3.63) is 0 Å². The predicted molar refractivity (Wildman–Crippen MR) is 52.9 cm³/mol. The largest absolute Gasteiger partial charge is 0.800 e. The van der Waals surface area contributed by atoms with Crippen LogP contribution in [0.1, 0.15) is 12.8 Å². The van der Waals surface area contributed by atoms with E-state index in [2.05, 4.69) is 13.7 Å². The Balaban J connectivity index is 2.90. The van der Waals surface area contributed by atoms with Crippen molar-refractivity contribution in [2.45, 2.75) is 18.4 Å². The third kappa shape index (κ3) is 4.61. The molecular weight excluding hydrogens is 290 g/mol. The molecule has 1 aliphatic heterocycles. The topological polar surface area (TPSA) is 177 Å². The van der Waals surface area contributed by atoms with Gasteiger partial charge in [-0.3, -0.25) is 18.8 Å². The van der Waals surface area contributed by atoms with Gasteiger partial charge < -0.3 is 29.3 Å². The maximum Gasteiger partial charge on any atom is 0.800 e. The van der Waals surface area contributed by atoms with Gasteiger partial charge in [-0.05, 0) is 0 Å². The first-order chi connectivity index (χ1) is 8.52. The molecule has 1 unspecified atom stereocenters. The molecule has 1 aliphatic rings. The molecule has 11 nitrogen and oxygen atoms in total.